The molecule has 1 spiro atoms. The summed E-state index contributed by atoms with van der Waals surface area (Å²) in [4.78, 5) is 26.6. The van der Waals surface area contributed by atoms with E-state index in [0.29, 0.717) is 13.0 Å². The van der Waals surface area contributed by atoms with Crippen molar-refractivity contribution in [2.24, 2.45) is 11.8 Å². The minimum atomic E-state index is -1.22. The monoisotopic (exact) mass is 338 g/mol. The number of rotatable bonds is 5. The van der Waals surface area contributed by atoms with Gasteiger partial charge in [-0.25, -0.2) is 0 Å². The molecular formula is C20H20NO4-. The molecule has 5 heteroatoms. The normalized spacial score (nSPS) is 35.2. The number of amides is 1. The Morgan fingerprint density at radius 2 is 2.08 bits per heavy atom. The fraction of sp³-hybridized carbons (Fsp3) is 0.400. The molecule has 4 rings (SSSR count). The Bertz CT molecular complexity index is 771. The molecule has 1 aromatic carbocycles. The number of carbonyl (C=O) groups excluding carboxylic acids is 2. The molecule has 3 aliphatic rings. The van der Waals surface area contributed by atoms with Gasteiger partial charge in [-0.05, 0) is 18.9 Å². The Labute approximate surface area is 146 Å². The molecule has 0 unspecified atom stereocenters. The fourth-order valence-corrected chi connectivity index (χ4v) is 4.56. The Kier molecular flexibility index (Phi) is 3.58. The maximum Gasteiger partial charge on any atom is 0.230 e. The van der Waals surface area contributed by atoms with E-state index in [1.165, 1.54) is 0 Å². The number of carboxylic acids is 1. The number of fused-ring (bicyclic) bond motifs is 1. The van der Waals surface area contributed by atoms with Crippen LogP contribution in [0.3, 0.4) is 0 Å². The first-order valence-corrected chi connectivity index (χ1v) is 8.51. The van der Waals surface area contributed by atoms with E-state index in [9.17, 15) is 14.7 Å². The number of carbonyl (C=O) groups is 2. The van der Waals surface area contributed by atoms with Gasteiger partial charge >= 0.3 is 0 Å². The van der Waals surface area contributed by atoms with Gasteiger partial charge in [0.2, 0.25) is 5.91 Å². The summed E-state index contributed by atoms with van der Waals surface area (Å²) >= 11 is 0. The number of hydrogen-bond acceptors (Lipinski definition) is 4. The average molecular weight is 338 g/mol. The van der Waals surface area contributed by atoms with E-state index >= 15 is 0 Å². The van der Waals surface area contributed by atoms with E-state index in [4.69, 9.17) is 4.74 Å². The van der Waals surface area contributed by atoms with E-state index < -0.39 is 29.5 Å². The Morgan fingerprint density at radius 3 is 2.72 bits per heavy atom. The summed E-state index contributed by atoms with van der Waals surface area (Å²) < 4.78 is 6.07. The third-order valence-corrected chi connectivity index (χ3v) is 5.54. The van der Waals surface area contributed by atoms with Crippen molar-refractivity contribution in [3.8, 4) is 0 Å². The molecule has 2 saturated heterocycles. The molecule has 5 nitrogen and oxygen atoms in total. The maximum atomic E-state index is 13.2. The summed E-state index contributed by atoms with van der Waals surface area (Å²) in [7, 11) is 0. The first-order valence-electron chi connectivity index (χ1n) is 8.51. The van der Waals surface area contributed by atoms with Crippen LogP contribution in [0.5, 0.6) is 0 Å². The lowest BCUT2D eigenvalue weighted by molar-refractivity contribution is -0.313. The average Bonchev–Trinajstić information content (AvgIpc) is 3.20. The second-order valence-electron chi connectivity index (χ2n) is 7.25. The second kappa shape index (κ2) is 5.56. The number of nitrogens with zero attached hydrogens (tertiary/aromatic N) is 1. The van der Waals surface area contributed by atoms with Crippen LogP contribution in [0.4, 0.5) is 0 Å². The third-order valence-electron chi connectivity index (χ3n) is 5.54. The summed E-state index contributed by atoms with van der Waals surface area (Å²) in [5.41, 5.74) is 1.05. The molecule has 3 heterocycles. The van der Waals surface area contributed by atoms with Gasteiger partial charge in [-0.2, -0.15) is 0 Å². The summed E-state index contributed by atoms with van der Waals surface area (Å²) in [6, 6.07) is 9.44. The zero-order chi connectivity index (χ0) is 17.8. The van der Waals surface area contributed by atoms with Gasteiger partial charge in [0, 0.05) is 18.4 Å². The highest BCUT2D eigenvalue weighted by Gasteiger charge is 2.69. The van der Waals surface area contributed by atoms with Crippen molar-refractivity contribution in [1.82, 2.24) is 4.90 Å². The number of aliphatic carboxylic acids is 1. The zero-order valence-electron chi connectivity index (χ0n) is 14.1. The van der Waals surface area contributed by atoms with E-state index in [0.717, 1.165) is 11.1 Å². The molecule has 2 fully saturated rings. The highest BCUT2D eigenvalue weighted by atomic mass is 16.5. The van der Waals surface area contributed by atoms with Gasteiger partial charge in [-0.1, -0.05) is 48.1 Å². The SMILES string of the molecule is C=C(C)C[C@H]1N(Cc2ccccc2)C(=O)[C@@H]2[C@H](C(=O)[O-])[C@@H]3C=C[C@]21O3. The highest BCUT2D eigenvalue weighted by molar-refractivity contribution is 5.91. The maximum absolute atomic E-state index is 13.2. The molecular weight excluding hydrogens is 318 g/mol. The van der Waals surface area contributed by atoms with Crippen LogP contribution in [0.25, 0.3) is 0 Å². The standard InChI is InChI=1S/C20H21NO4/c1-12(2)10-15-20-9-8-14(25-20)16(19(23)24)17(20)18(22)21(15)11-13-6-4-3-5-7-13/h3-9,14-17H,1,10-11H2,2H3,(H,23,24)/p-1/t14-,15+,16+,17-,20+/m0/s1. The van der Waals surface area contributed by atoms with Crippen LogP contribution in [-0.2, 0) is 20.9 Å². The lowest BCUT2D eigenvalue weighted by Crippen LogP contribution is -2.46. The predicted octanol–water partition coefficient (Wildman–Crippen LogP) is 1.05. The van der Waals surface area contributed by atoms with Crippen LogP contribution in [0.1, 0.15) is 18.9 Å². The highest BCUT2D eigenvalue weighted by Crippen LogP contribution is 2.56. The lowest BCUT2D eigenvalue weighted by Gasteiger charge is -2.33. The van der Waals surface area contributed by atoms with Crippen molar-refractivity contribution < 1.29 is 19.4 Å². The van der Waals surface area contributed by atoms with Gasteiger partial charge < -0.3 is 19.5 Å². The van der Waals surface area contributed by atoms with Crippen LogP contribution in [0.2, 0.25) is 0 Å². The van der Waals surface area contributed by atoms with Gasteiger partial charge in [0.15, 0.2) is 0 Å². The topological polar surface area (TPSA) is 69.7 Å². The van der Waals surface area contributed by atoms with Crippen molar-refractivity contribution in [3.05, 3.63) is 60.2 Å². The Balaban J connectivity index is 1.74. The van der Waals surface area contributed by atoms with Crippen molar-refractivity contribution in [1.29, 1.82) is 0 Å². The second-order valence-corrected chi connectivity index (χ2v) is 7.25. The van der Waals surface area contributed by atoms with Crippen LogP contribution in [0, 0.1) is 11.8 Å². The predicted molar refractivity (Wildman–Crippen MR) is 88.9 cm³/mol. The molecule has 0 saturated carbocycles. The molecule has 0 radical (unpaired) electrons. The Morgan fingerprint density at radius 1 is 1.36 bits per heavy atom. The molecule has 25 heavy (non-hydrogen) atoms. The Hall–Kier alpha value is -2.40. The summed E-state index contributed by atoms with van der Waals surface area (Å²) in [6.45, 7) is 6.33. The van der Waals surface area contributed by atoms with Gasteiger partial charge in [0.05, 0.1) is 18.1 Å². The quantitative estimate of drug-likeness (QED) is 0.753. The van der Waals surface area contributed by atoms with E-state index in [2.05, 4.69) is 6.58 Å². The van der Waals surface area contributed by atoms with Crippen LogP contribution in [-0.4, -0.2) is 34.5 Å². The zero-order valence-corrected chi connectivity index (χ0v) is 14.1. The van der Waals surface area contributed by atoms with E-state index in [1.54, 1.807) is 11.0 Å². The van der Waals surface area contributed by atoms with E-state index in [-0.39, 0.29) is 11.9 Å². The minimum absolute atomic E-state index is 0.170. The first-order chi connectivity index (χ1) is 11.9. The molecule has 3 aliphatic heterocycles. The number of ether oxygens (including phenoxy) is 1. The van der Waals surface area contributed by atoms with Crippen LogP contribution < -0.4 is 5.11 Å². The van der Waals surface area contributed by atoms with Crippen LogP contribution >= 0.6 is 0 Å². The number of likely N-dealkylation sites (tertiary alicyclic amines) is 1. The van der Waals surface area contributed by atoms with Crippen molar-refractivity contribution >= 4 is 11.9 Å². The summed E-state index contributed by atoms with van der Waals surface area (Å²) in [6.07, 6.45) is 3.65. The number of benzene rings is 1. The van der Waals surface area contributed by atoms with Crippen molar-refractivity contribution in [3.63, 3.8) is 0 Å². The van der Waals surface area contributed by atoms with Crippen molar-refractivity contribution in [2.75, 3.05) is 0 Å². The molecule has 0 N–H and O–H groups in total. The minimum Gasteiger partial charge on any atom is -0.550 e. The van der Waals surface area contributed by atoms with Gasteiger partial charge in [0.25, 0.3) is 0 Å². The molecule has 1 amide bonds. The molecule has 1 aromatic rings. The number of hydrogen-bond donors (Lipinski definition) is 0. The smallest absolute Gasteiger partial charge is 0.230 e. The molecule has 5 atom stereocenters. The van der Waals surface area contributed by atoms with Gasteiger partial charge in [-0.3, -0.25) is 4.79 Å². The summed E-state index contributed by atoms with van der Waals surface area (Å²) in [5.74, 6) is -3.03. The van der Waals surface area contributed by atoms with E-state index in [1.807, 2.05) is 43.3 Å². The summed E-state index contributed by atoms with van der Waals surface area (Å²) in [5, 5.41) is 11.7. The largest absolute Gasteiger partial charge is 0.550 e. The first kappa shape index (κ1) is 16.1. The fourth-order valence-electron chi connectivity index (χ4n) is 4.56. The van der Waals surface area contributed by atoms with Gasteiger partial charge in [0.1, 0.15) is 5.60 Å². The molecule has 0 aromatic heterocycles. The molecule has 0 aliphatic carbocycles. The van der Waals surface area contributed by atoms with Crippen LogP contribution in [0.15, 0.2) is 54.6 Å². The van der Waals surface area contributed by atoms with Crippen molar-refractivity contribution in [2.45, 2.75) is 37.6 Å². The van der Waals surface area contributed by atoms with Gasteiger partial charge in [-0.15, -0.1) is 6.58 Å². The number of carboxylic acid groups (broad SMARTS) is 1. The molecule has 2 bridgehead atoms. The molecule has 130 valence electrons. The third kappa shape index (κ3) is 2.26. The lowest BCUT2D eigenvalue weighted by atomic mass is 9.74.